The Morgan fingerprint density at radius 2 is 1.81 bits per heavy atom. The van der Waals surface area contributed by atoms with Crippen LogP contribution in [0.15, 0.2) is 54.7 Å². The molecule has 3 aromatic rings. The Balaban J connectivity index is 1.12. The van der Waals surface area contributed by atoms with Gasteiger partial charge in [0.1, 0.15) is 29.5 Å². The van der Waals surface area contributed by atoms with Gasteiger partial charge < -0.3 is 25.6 Å². The quantitative estimate of drug-likeness (QED) is 0.443. The standard InChI is InChI=1S/C31H29F2N5O4/c32-21-10-19(11-22(33)13-21)25-16-35-31(5-8-42-9-6-31)29(41)38(25)17-26(39)36-23-4-3-18-14-30(15-20(18)12-23)24-2-1-7-34-27(24)37-28(30)40/h1-4,7,10-13,25,35H,5-6,8-9,14-17H2,(H,36,39)(H,34,37,40). The van der Waals surface area contributed by atoms with Crippen LogP contribution in [0.4, 0.5) is 20.3 Å². The van der Waals surface area contributed by atoms with Gasteiger partial charge in [0.2, 0.25) is 17.7 Å². The number of rotatable bonds is 4. The molecule has 2 unspecified atom stereocenters. The topological polar surface area (TPSA) is 113 Å². The van der Waals surface area contributed by atoms with Crippen LogP contribution < -0.4 is 16.0 Å². The molecular formula is C31H29F2N5O4. The van der Waals surface area contributed by atoms with Crippen molar-refractivity contribution in [3.05, 3.63) is 88.6 Å². The van der Waals surface area contributed by atoms with Crippen LogP contribution in [0.2, 0.25) is 0 Å². The molecule has 2 saturated heterocycles. The van der Waals surface area contributed by atoms with Crippen LogP contribution in [0.25, 0.3) is 0 Å². The number of benzene rings is 2. The number of fused-ring (bicyclic) bond motifs is 3. The maximum absolute atomic E-state index is 14.1. The fourth-order valence-corrected chi connectivity index (χ4v) is 6.95. The molecule has 2 aromatic carbocycles. The van der Waals surface area contributed by atoms with Crippen molar-refractivity contribution in [3.8, 4) is 0 Å². The maximum atomic E-state index is 14.1. The number of pyridine rings is 1. The number of piperazine rings is 1. The highest BCUT2D eigenvalue weighted by Crippen LogP contribution is 2.47. The zero-order chi connectivity index (χ0) is 29.1. The highest BCUT2D eigenvalue weighted by atomic mass is 19.1. The number of aromatic nitrogens is 1. The lowest BCUT2D eigenvalue weighted by Gasteiger charge is -2.48. The Morgan fingerprint density at radius 3 is 2.60 bits per heavy atom. The Kier molecular flexibility index (Phi) is 6.32. The molecule has 3 N–H and O–H groups in total. The summed E-state index contributed by atoms with van der Waals surface area (Å²) < 4.78 is 33.7. The molecule has 2 spiro atoms. The molecule has 0 saturated carbocycles. The van der Waals surface area contributed by atoms with Gasteiger partial charge >= 0.3 is 0 Å². The number of hydrogen-bond donors (Lipinski definition) is 3. The van der Waals surface area contributed by atoms with E-state index in [0.717, 1.165) is 22.8 Å². The van der Waals surface area contributed by atoms with Gasteiger partial charge in [-0.25, -0.2) is 13.8 Å². The minimum absolute atomic E-state index is 0.0860. The van der Waals surface area contributed by atoms with E-state index in [4.69, 9.17) is 4.74 Å². The second-order valence-corrected chi connectivity index (χ2v) is 11.5. The normalized spacial score (nSPS) is 24.0. The Bertz CT molecular complexity index is 1600. The number of carbonyl (C=O) groups is 3. The number of amides is 3. The Hall–Kier alpha value is -4.22. The van der Waals surface area contributed by atoms with Gasteiger partial charge in [-0.05, 0) is 72.7 Å². The molecule has 2 atom stereocenters. The highest BCUT2D eigenvalue weighted by molar-refractivity contribution is 6.06. The van der Waals surface area contributed by atoms with E-state index in [9.17, 15) is 23.2 Å². The van der Waals surface area contributed by atoms with Gasteiger partial charge in [0.25, 0.3) is 0 Å². The first-order valence-electron chi connectivity index (χ1n) is 14.0. The molecule has 1 aliphatic carbocycles. The van der Waals surface area contributed by atoms with Gasteiger partial charge in [-0.3, -0.25) is 14.4 Å². The Labute approximate surface area is 240 Å². The minimum atomic E-state index is -0.893. The summed E-state index contributed by atoms with van der Waals surface area (Å²) in [5.41, 5.74) is 2.03. The number of nitrogens with one attached hydrogen (secondary N) is 3. The molecule has 4 aliphatic rings. The summed E-state index contributed by atoms with van der Waals surface area (Å²) in [6, 6.07) is 11.7. The van der Waals surface area contributed by atoms with Gasteiger partial charge in [-0.2, -0.15) is 0 Å². The largest absolute Gasteiger partial charge is 0.381 e. The lowest BCUT2D eigenvalue weighted by molar-refractivity contribution is -0.152. The van der Waals surface area contributed by atoms with E-state index in [-0.39, 0.29) is 30.5 Å². The van der Waals surface area contributed by atoms with E-state index in [1.165, 1.54) is 17.0 Å². The van der Waals surface area contributed by atoms with Crippen molar-refractivity contribution >= 4 is 29.2 Å². The molecule has 1 aromatic heterocycles. The van der Waals surface area contributed by atoms with Crippen molar-refractivity contribution < 1.29 is 27.9 Å². The van der Waals surface area contributed by atoms with Crippen LogP contribution in [-0.4, -0.2) is 59.4 Å². The van der Waals surface area contributed by atoms with Gasteiger partial charge in [0.05, 0.1) is 11.5 Å². The third-order valence-corrected chi connectivity index (χ3v) is 9.07. The van der Waals surface area contributed by atoms with Gasteiger partial charge in [-0.15, -0.1) is 0 Å². The van der Waals surface area contributed by atoms with E-state index in [0.29, 0.717) is 50.4 Å². The van der Waals surface area contributed by atoms with Crippen molar-refractivity contribution in [2.45, 2.75) is 42.7 Å². The number of hydrogen-bond acceptors (Lipinski definition) is 6. The molecule has 216 valence electrons. The monoisotopic (exact) mass is 573 g/mol. The fourth-order valence-electron chi connectivity index (χ4n) is 6.95. The first-order chi connectivity index (χ1) is 20.3. The second-order valence-electron chi connectivity index (χ2n) is 11.5. The van der Waals surface area contributed by atoms with Crippen molar-refractivity contribution in [2.24, 2.45) is 0 Å². The molecule has 42 heavy (non-hydrogen) atoms. The molecular weight excluding hydrogens is 544 g/mol. The smallest absolute Gasteiger partial charge is 0.244 e. The van der Waals surface area contributed by atoms with Crippen LogP contribution in [0, 0.1) is 11.6 Å². The lowest BCUT2D eigenvalue weighted by Crippen LogP contribution is -2.67. The lowest BCUT2D eigenvalue weighted by atomic mass is 9.79. The first-order valence-corrected chi connectivity index (χ1v) is 14.0. The van der Waals surface area contributed by atoms with E-state index < -0.39 is 34.5 Å². The van der Waals surface area contributed by atoms with Crippen LogP contribution >= 0.6 is 0 Å². The van der Waals surface area contributed by atoms with Crippen molar-refractivity contribution in [1.82, 2.24) is 15.2 Å². The van der Waals surface area contributed by atoms with E-state index in [2.05, 4.69) is 20.9 Å². The Morgan fingerprint density at radius 1 is 1.05 bits per heavy atom. The van der Waals surface area contributed by atoms with Gasteiger partial charge in [-0.1, -0.05) is 12.1 Å². The number of ether oxygens (including phenoxy) is 1. The van der Waals surface area contributed by atoms with Crippen LogP contribution in [-0.2, 0) is 37.4 Å². The zero-order valence-electron chi connectivity index (χ0n) is 22.7. The summed E-state index contributed by atoms with van der Waals surface area (Å²) in [4.78, 5) is 46.0. The number of halogens is 2. The third kappa shape index (κ3) is 4.35. The second kappa shape index (κ2) is 9.95. The molecule has 2 fully saturated rings. The predicted molar refractivity (Wildman–Crippen MR) is 149 cm³/mol. The average molecular weight is 574 g/mol. The van der Waals surface area contributed by atoms with Gasteiger partial charge in [0.15, 0.2) is 0 Å². The highest BCUT2D eigenvalue weighted by Gasteiger charge is 2.51. The summed E-state index contributed by atoms with van der Waals surface area (Å²) in [7, 11) is 0. The summed E-state index contributed by atoms with van der Waals surface area (Å²) in [5, 5.41) is 9.09. The number of nitrogens with zero attached hydrogens (tertiary/aromatic N) is 2. The van der Waals surface area contributed by atoms with Gasteiger partial charge in [0, 0.05) is 43.3 Å². The third-order valence-electron chi connectivity index (χ3n) is 9.07. The van der Waals surface area contributed by atoms with E-state index in [1.54, 1.807) is 12.3 Å². The van der Waals surface area contributed by atoms with E-state index in [1.807, 2.05) is 24.3 Å². The average Bonchev–Trinajstić information content (AvgIpc) is 3.48. The molecule has 0 bridgehead atoms. The minimum Gasteiger partial charge on any atom is -0.381 e. The molecule has 11 heteroatoms. The maximum Gasteiger partial charge on any atom is 0.244 e. The molecule has 4 heterocycles. The SMILES string of the molecule is O=C(CN1C(=O)C2(CCOCC2)NCC1c1cc(F)cc(F)c1)Nc1ccc2c(c1)CC1(C2)C(=O)Nc2ncccc21. The molecule has 3 aliphatic heterocycles. The fraction of sp³-hybridized carbons (Fsp3) is 0.355. The molecule has 0 radical (unpaired) electrons. The van der Waals surface area contributed by atoms with Crippen molar-refractivity contribution in [1.29, 1.82) is 0 Å². The molecule has 9 nitrogen and oxygen atoms in total. The molecule has 7 rings (SSSR count). The van der Waals surface area contributed by atoms with Crippen LogP contribution in [0.1, 0.15) is 41.1 Å². The van der Waals surface area contributed by atoms with Crippen molar-refractivity contribution in [3.63, 3.8) is 0 Å². The molecule has 3 amide bonds. The zero-order valence-corrected chi connectivity index (χ0v) is 22.7. The van der Waals surface area contributed by atoms with Crippen molar-refractivity contribution in [2.75, 3.05) is 36.9 Å². The predicted octanol–water partition coefficient (Wildman–Crippen LogP) is 3.01. The van der Waals surface area contributed by atoms with Crippen LogP contribution in [0.5, 0.6) is 0 Å². The summed E-state index contributed by atoms with van der Waals surface area (Å²) in [6.45, 7) is 0.732. The first kappa shape index (κ1) is 26.7. The van der Waals surface area contributed by atoms with Crippen LogP contribution in [0.3, 0.4) is 0 Å². The summed E-state index contributed by atoms with van der Waals surface area (Å²) in [5.74, 6) is -1.74. The number of carbonyl (C=O) groups excluding carboxylic acids is 3. The number of anilines is 2. The van der Waals surface area contributed by atoms with E-state index >= 15 is 0 Å². The summed E-state index contributed by atoms with van der Waals surface area (Å²) in [6.07, 6.45) is 3.54. The summed E-state index contributed by atoms with van der Waals surface area (Å²) >= 11 is 0.